The Bertz CT molecular complexity index is 429. The van der Waals surface area contributed by atoms with Crippen molar-refractivity contribution in [3.63, 3.8) is 0 Å². The van der Waals surface area contributed by atoms with Crippen LogP contribution in [0.25, 0.3) is 0 Å². The zero-order valence-electron chi connectivity index (χ0n) is 13.1. The number of nitrogens with zero attached hydrogens (tertiary/aromatic N) is 2. The first-order valence-electron chi connectivity index (χ1n) is 8.48. The Morgan fingerprint density at radius 1 is 1.33 bits per heavy atom. The van der Waals surface area contributed by atoms with Gasteiger partial charge in [0.1, 0.15) is 0 Å². The van der Waals surface area contributed by atoms with Crippen molar-refractivity contribution in [1.29, 1.82) is 0 Å². The minimum atomic E-state index is 0.0473. The van der Waals surface area contributed by atoms with E-state index >= 15 is 0 Å². The fraction of sp³-hybridized carbons (Fsp3) is 0.875. The van der Waals surface area contributed by atoms with Crippen LogP contribution in [0.5, 0.6) is 0 Å². The number of nitrogens with one attached hydrogen (secondary N) is 1. The highest BCUT2D eigenvalue weighted by molar-refractivity contribution is 5.09. The molecule has 5 heteroatoms. The first-order chi connectivity index (χ1) is 10.3. The molecule has 0 aliphatic carbocycles. The molecule has 0 aromatic carbocycles. The quantitative estimate of drug-likeness (QED) is 0.904. The topological polar surface area (TPSA) is 60.2 Å². The summed E-state index contributed by atoms with van der Waals surface area (Å²) in [5.41, 5.74) is 0.0473. The van der Waals surface area contributed by atoms with Gasteiger partial charge in [-0.3, -0.25) is 0 Å². The third-order valence-corrected chi connectivity index (χ3v) is 4.81. The predicted molar refractivity (Wildman–Crippen MR) is 80.3 cm³/mol. The van der Waals surface area contributed by atoms with Gasteiger partial charge in [0.05, 0.1) is 11.5 Å². The van der Waals surface area contributed by atoms with Gasteiger partial charge in [-0.15, -0.1) is 0 Å². The highest BCUT2D eigenvalue weighted by Gasteiger charge is 2.38. The molecule has 0 bridgehead atoms. The average Bonchev–Trinajstić information content (AvgIpc) is 2.99. The van der Waals surface area contributed by atoms with Crippen LogP contribution in [0.2, 0.25) is 0 Å². The predicted octanol–water partition coefficient (Wildman–Crippen LogP) is 2.60. The number of aromatic nitrogens is 2. The van der Waals surface area contributed by atoms with Gasteiger partial charge in [0, 0.05) is 19.6 Å². The minimum Gasteiger partial charge on any atom is -0.378 e. The second kappa shape index (κ2) is 6.88. The highest BCUT2D eigenvalue weighted by atomic mass is 16.5. The molecule has 3 rings (SSSR count). The van der Waals surface area contributed by atoms with Crippen molar-refractivity contribution in [3.05, 3.63) is 11.7 Å². The molecule has 2 aliphatic heterocycles. The van der Waals surface area contributed by atoms with E-state index in [-0.39, 0.29) is 11.5 Å². The Morgan fingerprint density at radius 3 is 3.00 bits per heavy atom. The molecule has 0 radical (unpaired) electrons. The highest BCUT2D eigenvalue weighted by Crippen LogP contribution is 2.34. The van der Waals surface area contributed by atoms with Crippen LogP contribution < -0.4 is 5.32 Å². The summed E-state index contributed by atoms with van der Waals surface area (Å²) < 4.78 is 11.4. The number of ether oxygens (including phenoxy) is 1. The van der Waals surface area contributed by atoms with Gasteiger partial charge < -0.3 is 14.6 Å². The summed E-state index contributed by atoms with van der Waals surface area (Å²) in [6.07, 6.45) is 9.20. The molecule has 0 saturated carbocycles. The van der Waals surface area contributed by atoms with E-state index < -0.39 is 0 Å². The Kier molecular flexibility index (Phi) is 4.91. The first kappa shape index (κ1) is 15.0. The summed E-state index contributed by atoms with van der Waals surface area (Å²) in [4.78, 5) is 4.72. The molecule has 1 aromatic heterocycles. The Morgan fingerprint density at radius 2 is 2.29 bits per heavy atom. The zero-order chi connectivity index (χ0) is 14.5. The van der Waals surface area contributed by atoms with Crippen LogP contribution >= 0.6 is 0 Å². The molecule has 3 heterocycles. The fourth-order valence-corrected chi connectivity index (χ4v) is 3.67. The van der Waals surface area contributed by atoms with Crippen LogP contribution in [0.3, 0.4) is 0 Å². The van der Waals surface area contributed by atoms with E-state index in [0.717, 1.165) is 63.5 Å². The van der Waals surface area contributed by atoms with E-state index in [2.05, 4.69) is 17.4 Å². The Labute approximate surface area is 126 Å². The second-order valence-electron chi connectivity index (χ2n) is 6.52. The summed E-state index contributed by atoms with van der Waals surface area (Å²) >= 11 is 0. The molecule has 2 saturated heterocycles. The number of rotatable bonds is 5. The van der Waals surface area contributed by atoms with Crippen LogP contribution in [0.15, 0.2) is 4.52 Å². The van der Waals surface area contributed by atoms with Crippen molar-refractivity contribution < 1.29 is 9.26 Å². The third-order valence-electron chi connectivity index (χ3n) is 4.81. The smallest absolute Gasteiger partial charge is 0.234 e. The molecule has 2 aliphatic rings. The van der Waals surface area contributed by atoms with Gasteiger partial charge in [0.2, 0.25) is 5.89 Å². The van der Waals surface area contributed by atoms with Crippen molar-refractivity contribution in [2.24, 2.45) is 0 Å². The normalized spacial score (nSPS) is 30.4. The van der Waals surface area contributed by atoms with Crippen LogP contribution in [0, 0.1) is 0 Å². The number of hydrogen-bond acceptors (Lipinski definition) is 5. The van der Waals surface area contributed by atoms with E-state index in [4.69, 9.17) is 14.2 Å². The summed E-state index contributed by atoms with van der Waals surface area (Å²) in [6, 6.07) is 0. The summed E-state index contributed by atoms with van der Waals surface area (Å²) in [7, 11) is 0. The van der Waals surface area contributed by atoms with Crippen LogP contribution in [-0.2, 0) is 16.6 Å². The van der Waals surface area contributed by atoms with Gasteiger partial charge in [-0.05, 0) is 45.1 Å². The molecule has 21 heavy (non-hydrogen) atoms. The maximum absolute atomic E-state index is 5.78. The lowest BCUT2D eigenvalue weighted by Gasteiger charge is -2.34. The fourth-order valence-electron chi connectivity index (χ4n) is 3.67. The summed E-state index contributed by atoms with van der Waals surface area (Å²) in [5.74, 6) is 1.65. The Balaban J connectivity index is 1.69. The Hall–Kier alpha value is -0.940. The van der Waals surface area contributed by atoms with E-state index in [1.54, 1.807) is 0 Å². The molecular formula is C16H27N3O2. The van der Waals surface area contributed by atoms with Gasteiger partial charge in [-0.25, -0.2) is 0 Å². The lowest BCUT2D eigenvalue weighted by molar-refractivity contribution is 0.0153. The van der Waals surface area contributed by atoms with Gasteiger partial charge in [-0.1, -0.05) is 18.5 Å². The van der Waals surface area contributed by atoms with Crippen LogP contribution in [0.4, 0.5) is 0 Å². The molecule has 2 fully saturated rings. The molecule has 2 atom stereocenters. The number of piperidine rings is 1. The second-order valence-corrected chi connectivity index (χ2v) is 6.52. The van der Waals surface area contributed by atoms with Gasteiger partial charge >= 0.3 is 0 Å². The SMILES string of the molecule is CCCC1(c2nc(CC3CCCCO3)no2)CCCNC1. The van der Waals surface area contributed by atoms with E-state index in [1.807, 2.05) is 0 Å². The van der Waals surface area contributed by atoms with Crippen LogP contribution in [0.1, 0.15) is 63.6 Å². The molecule has 0 spiro atoms. The van der Waals surface area contributed by atoms with Crippen molar-refractivity contribution in [2.75, 3.05) is 19.7 Å². The van der Waals surface area contributed by atoms with E-state index in [9.17, 15) is 0 Å². The van der Waals surface area contributed by atoms with Gasteiger partial charge in [0.25, 0.3) is 0 Å². The van der Waals surface area contributed by atoms with Crippen LogP contribution in [-0.4, -0.2) is 35.9 Å². The molecule has 1 aromatic rings. The first-order valence-corrected chi connectivity index (χ1v) is 8.48. The average molecular weight is 293 g/mol. The molecular weight excluding hydrogens is 266 g/mol. The monoisotopic (exact) mass is 293 g/mol. The van der Waals surface area contributed by atoms with E-state index in [0.29, 0.717) is 0 Å². The van der Waals surface area contributed by atoms with Crippen molar-refractivity contribution >= 4 is 0 Å². The molecule has 2 unspecified atom stereocenters. The third kappa shape index (κ3) is 3.46. The van der Waals surface area contributed by atoms with Gasteiger partial charge in [0.15, 0.2) is 5.82 Å². The lowest BCUT2D eigenvalue weighted by atomic mass is 9.77. The largest absolute Gasteiger partial charge is 0.378 e. The van der Waals surface area contributed by atoms with Crippen molar-refractivity contribution in [2.45, 2.75) is 69.8 Å². The molecule has 1 N–H and O–H groups in total. The van der Waals surface area contributed by atoms with E-state index in [1.165, 1.54) is 19.3 Å². The van der Waals surface area contributed by atoms with Crippen molar-refractivity contribution in [3.8, 4) is 0 Å². The molecule has 0 amide bonds. The summed E-state index contributed by atoms with van der Waals surface area (Å²) in [5, 5.41) is 7.72. The van der Waals surface area contributed by atoms with Gasteiger partial charge in [-0.2, -0.15) is 4.98 Å². The minimum absolute atomic E-state index is 0.0473. The maximum Gasteiger partial charge on any atom is 0.234 e. The number of hydrogen-bond donors (Lipinski definition) is 1. The maximum atomic E-state index is 5.78. The molecule has 5 nitrogen and oxygen atoms in total. The lowest BCUT2D eigenvalue weighted by Crippen LogP contribution is -2.43. The van der Waals surface area contributed by atoms with Crippen molar-refractivity contribution in [1.82, 2.24) is 15.5 Å². The molecule has 118 valence electrons. The standard InChI is InChI=1S/C16H27N3O2/c1-2-7-16(8-5-9-17-12-16)15-18-14(19-21-15)11-13-6-3-4-10-20-13/h13,17H,2-12H2,1H3. The zero-order valence-corrected chi connectivity index (χ0v) is 13.1. The summed E-state index contributed by atoms with van der Waals surface area (Å²) in [6.45, 7) is 5.16.